The third kappa shape index (κ3) is 6.85. The summed E-state index contributed by atoms with van der Waals surface area (Å²) in [4.78, 5) is 22.9. The maximum absolute atomic E-state index is 12.7. The summed E-state index contributed by atoms with van der Waals surface area (Å²) >= 11 is 2.80. The van der Waals surface area contributed by atoms with Gasteiger partial charge >= 0.3 is 5.97 Å². The van der Waals surface area contributed by atoms with Crippen LogP contribution in [-0.4, -0.2) is 41.4 Å². The second kappa shape index (κ2) is 14.1. The Morgan fingerprint density at radius 3 is 2.08 bits per heavy atom. The Balaban J connectivity index is 1.73. The van der Waals surface area contributed by atoms with E-state index in [0.717, 1.165) is 16.7 Å². The van der Waals surface area contributed by atoms with Crippen LogP contribution in [-0.2, 0) is 19.9 Å². The summed E-state index contributed by atoms with van der Waals surface area (Å²) in [5, 5.41) is 18.8. The van der Waals surface area contributed by atoms with Crippen molar-refractivity contribution in [1.29, 1.82) is 5.26 Å². The number of nitriles is 1. The molecule has 4 rings (SSSR count). The lowest BCUT2D eigenvalue weighted by Gasteiger charge is -2.36. The van der Waals surface area contributed by atoms with Gasteiger partial charge in [0.2, 0.25) is 5.71 Å². The molecule has 0 aliphatic carbocycles. The van der Waals surface area contributed by atoms with Crippen molar-refractivity contribution in [2.45, 2.75) is 12.5 Å². The highest BCUT2D eigenvalue weighted by Crippen LogP contribution is 2.40. The number of thiazole rings is 1. The quantitative estimate of drug-likeness (QED) is 0.0700. The van der Waals surface area contributed by atoms with E-state index in [9.17, 15) is 4.79 Å². The minimum atomic E-state index is -0.755. The van der Waals surface area contributed by atoms with Gasteiger partial charge in [0.15, 0.2) is 5.13 Å². The number of aromatic nitrogens is 1. The second-order valence-electron chi connectivity index (χ2n) is 8.22. The molecule has 0 spiro atoms. The summed E-state index contributed by atoms with van der Waals surface area (Å²) in [6.45, 7) is 2.19. The van der Waals surface area contributed by atoms with Gasteiger partial charge in [-0.3, -0.25) is 0 Å². The highest BCUT2D eigenvalue weighted by atomic mass is 32.2. The molecule has 0 unspecified atom stereocenters. The third-order valence-corrected chi connectivity index (χ3v) is 7.32. The van der Waals surface area contributed by atoms with Gasteiger partial charge in [-0.15, -0.1) is 23.1 Å². The first-order valence-corrected chi connectivity index (χ1v) is 14.4. The van der Waals surface area contributed by atoms with Crippen molar-refractivity contribution < 1.29 is 14.4 Å². The van der Waals surface area contributed by atoms with Gasteiger partial charge in [0.05, 0.1) is 18.4 Å². The van der Waals surface area contributed by atoms with Crippen LogP contribution in [0.5, 0.6) is 0 Å². The molecule has 0 aliphatic rings. The summed E-state index contributed by atoms with van der Waals surface area (Å²) in [7, 11) is 0. The van der Waals surface area contributed by atoms with E-state index in [1.54, 1.807) is 12.3 Å². The van der Waals surface area contributed by atoms with Gasteiger partial charge < -0.3 is 14.9 Å². The average Bonchev–Trinajstić information content (AvgIpc) is 3.45. The van der Waals surface area contributed by atoms with E-state index >= 15 is 0 Å². The lowest BCUT2D eigenvalue weighted by Crippen LogP contribution is -2.38. The molecule has 0 bridgehead atoms. The minimum Gasteiger partial charge on any atom is -0.461 e. The van der Waals surface area contributed by atoms with Crippen LogP contribution in [0.25, 0.3) is 0 Å². The fourth-order valence-electron chi connectivity index (χ4n) is 4.09. The number of thioether (sulfide) groups is 1. The monoisotopic (exact) mass is 556 g/mol. The number of benzene rings is 3. The number of anilines is 1. The van der Waals surface area contributed by atoms with Crippen molar-refractivity contribution in [1.82, 2.24) is 4.98 Å². The van der Waals surface area contributed by atoms with Crippen LogP contribution in [0.15, 0.2) is 102 Å². The molecule has 0 aliphatic heterocycles. The van der Waals surface area contributed by atoms with Crippen molar-refractivity contribution in [3.8, 4) is 6.07 Å². The normalized spacial score (nSPS) is 11.4. The zero-order chi connectivity index (χ0) is 27.3. The van der Waals surface area contributed by atoms with Crippen LogP contribution in [0.3, 0.4) is 0 Å². The Kier molecular flexibility index (Phi) is 10.1. The fraction of sp³-hybridized carbons (Fsp3) is 0.200. The largest absolute Gasteiger partial charge is 0.461 e. The highest BCUT2D eigenvalue weighted by Gasteiger charge is 2.37. The van der Waals surface area contributed by atoms with Crippen molar-refractivity contribution in [3.63, 3.8) is 0 Å². The third-order valence-electron chi connectivity index (χ3n) is 5.77. The van der Waals surface area contributed by atoms with Crippen molar-refractivity contribution in [2.75, 3.05) is 30.0 Å². The van der Waals surface area contributed by atoms with Gasteiger partial charge in [0.1, 0.15) is 17.8 Å². The SMILES string of the molecule is CCOC(=O)/C(=N\OCCSCC#N)c1csc(NC(c2ccccc2)(c2ccccc2)c2ccccc2)n1. The first kappa shape index (κ1) is 27.9. The maximum atomic E-state index is 12.7. The zero-order valence-electron chi connectivity index (χ0n) is 21.4. The number of nitrogens with zero attached hydrogens (tertiary/aromatic N) is 3. The Morgan fingerprint density at radius 1 is 1.00 bits per heavy atom. The number of hydrogen-bond donors (Lipinski definition) is 1. The molecular weight excluding hydrogens is 528 g/mol. The van der Waals surface area contributed by atoms with E-state index in [1.807, 2.05) is 54.6 Å². The lowest BCUT2D eigenvalue weighted by molar-refractivity contribution is -0.135. The van der Waals surface area contributed by atoms with Crippen LogP contribution >= 0.6 is 23.1 Å². The number of nitrogens with one attached hydrogen (secondary N) is 1. The molecule has 198 valence electrons. The molecule has 1 aromatic heterocycles. The number of rotatable bonds is 13. The van der Waals surface area contributed by atoms with E-state index in [1.165, 1.54) is 23.1 Å². The molecule has 0 atom stereocenters. The van der Waals surface area contributed by atoms with Gasteiger partial charge in [0, 0.05) is 11.1 Å². The molecule has 1 heterocycles. The molecule has 0 saturated carbocycles. The van der Waals surface area contributed by atoms with Crippen molar-refractivity contribution in [2.24, 2.45) is 5.16 Å². The van der Waals surface area contributed by atoms with Crippen LogP contribution in [0.2, 0.25) is 0 Å². The predicted molar refractivity (Wildman–Crippen MR) is 157 cm³/mol. The molecule has 0 saturated heterocycles. The van der Waals surface area contributed by atoms with Gasteiger partial charge in [-0.25, -0.2) is 9.78 Å². The summed E-state index contributed by atoms with van der Waals surface area (Å²) < 4.78 is 5.22. The van der Waals surface area contributed by atoms with Crippen LogP contribution in [0.1, 0.15) is 29.3 Å². The standard InChI is InChI=1S/C30H28N4O3S2/c1-2-36-28(35)27(34-37-19-21-38-20-18-31)26-22-39-29(32-26)33-30(23-12-6-3-7-13-23,24-14-8-4-9-15-24)25-16-10-5-11-17-25/h3-17,22H,2,19-21H2,1H3,(H,32,33)/b34-27-. The first-order valence-electron chi connectivity index (χ1n) is 12.4. The number of carbonyl (C=O) groups excluding carboxylic acids is 1. The minimum absolute atomic E-state index is 0.00355. The molecule has 9 heteroatoms. The van der Waals surface area contributed by atoms with Crippen molar-refractivity contribution >= 4 is 39.9 Å². The van der Waals surface area contributed by atoms with Gasteiger partial charge in [-0.1, -0.05) is 96.2 Å². The Hall–Kier alpha value is -4.13. The van der Waals surface area contributed by atoms with E-state index in [-0.39, 0.29) is 18.9 Å². The first-order chi connectivity index (χ1) is 19.2. The van der Waals surface area contributed by atoms with E-state index in [0.29, 0.717) is 22.3 Å². The molecule has 7 nitrogen and oxygen atoms in total. The summed E-state index contributed by atoms with van der Waals surface area (Å²) in [6, 6.07) is 32.7. The average molecular weight is 557 g/mol. The molecule has 1 N–H and O–H groups in total. The molecule has 4 aromatic rings. The molecular formula is C30H28N4O3S2. The van der Waals surface area contributed by atoms with E-state index in [4.69, 9.17) is 19.8 Å². The summed E-state index contributed by atoms with van der Waals surface area (Å²) in [5.74, 6) is 0.329. The second-order valence-corrected chi connectivity index (χ2v) is 10.2. The van der Waals surface area contributed by atoms with Gasteiger partial charge in [0.25, 0.3) is 0 Å². The van der Waals surface area contributed by atoms with Crippen LogP contribution in [0, 0.1) is 11.3 Å². The molecule has 3 aromatic carbocycles. The number of ether oxygens (including phenoxy) is 1. The Morgan fingerprint density at radius 2 is 1.56 bits per heavy atom. The smallest absolute Gasteiger partial charge is 0.362 e. The molecule has 0 amide bonds. The zero-order valence-corrected chi connectivity index (χ0v) is 23.1. The molecule has 0 fully saturated rings. The molecule has 39 heavy (non-hydrogen) atoms. The topological polar surface area (TPSA) is 96.6 Å². The predicted octanol–water partition coefficient (Wildman–Crippen LogP) is 6.09. The summed E-state index contributed by atoms with van der Waals surface area (Å²) in [6.07, 6.45) is 0. The number of esters is 1. The lowest BCUT2D eigenvalue weighted by atomic mass is 9.77. The fourth-order valence-corrected chi connectivity index (χ4v) is 5.27. The number of hydrogen-bond acceptors (Lipinski definition) is 9. The van der Waals surface area contributed by atoms with Gasteiger partial charge in [-0.2, -0.15) is 5.26 Å². The number of oxime groups is 1. The van der Waals surface area contributed by atoms with Crippen LogP contribution < -0.4 is 5.32 Å². The summed E-state index contributed by atoms with van der Waals surface area (Å²) in [5.41, 5.74) is 2.71. The van der Waals surface area contributed by atoms with E-state index in [2.05, 4.69) is 52.9 Å². The van der Waals surface area contributed by atoms with Crippen molar-refractivity contribution in [3.05, 3.63) is 119 Å². The van der Waals surface area contributed by atoms with E-state index < -0.39 is 11.5 Å². The highest BCUT2D eigenvalue weighted by molar-refractivity contribution is 7.99. The maximum Gasteiger partial charge on any atom is 0.362 e. The molecule has 0 radical (unpaired) electrons. The van der Waals surface area contributed by atoms with Crippen LogP contribution in [0.4, 0.5) is 5.13 Å². The Labute approximate surface area is 236 Å². The Bertz CT molecular complexity index is 1310. The number of carbonyl (C=O) groups is 1. The van der Waals surface area contributed by atoms with Gasteiger partial charge in [-0.05, 0) is 23.6 Å².